The fourth-order valence-corrected chi connectivity index (χ4v) is 7.54. The van der Waals surface area contributed by atoms with E-state index in [4.69, 9.17) is 34.8 Å². The Labute approximate surface area is 290 Å². The molecule has 3 aliphatic rings. The molecular formula is C36H37Cl3N6O2. The molecule has 0 bridgehead atoms. The van der Waals surface area contributed by atoms with Crippen molar-refractivity contribution in [1.29, 1.82) is 0 Å². The molecule has 47 heavy (non-hydrogen) atoms. The van der Waals surface area contributed by atoms with Crippen molar-refractivity contribution in [2.45, 2.75) is 89.1 Å². The number of nitrogens with zero attached hydrogens (tertiary/aromatic N) is 6. The molecule has 0 N–H and O–H groups in total. The van der Waals surface area contributed by atoms with Crippen molar-refractivity contribution in [3.8, 4) is 0 Å². The van der Waals surface area contributed by atoms with Crippen LogP contribution in [0.2, 0.25) is 10.0 Å². The average Bonchev–Trinajstić information content (AvgIpc) is 3.61. The molecule has 0 radical (unpaired) electrons. The lowest BCUT2D eigenvalue weighted by Gasteiger charge is -2.33. The summed E-state index contributed by atoms with van der Waals surface area (Å²) >= 11 is 18.1. The van der Waals surface area contributed by atoms with Gasteiger partial charge in [0, 0.05) is 77.1 Å². The largest absolute Gasteiger partial charge is 0.291 e. The van der Waals surface area contributed by atoms with E-state index >= 15 is 0 Å². The van der Waals surface area contributed by atoms with Gasteiger partial charge in [-0.1, -0.05) is 35.3 Å². The lowest BCUT2D eigenvalue weighted by atomic mass is 9.79. The molecule has 0 fully saturated rings. The van der Waals surface area contributed by atoms with Crippen molar-refractivity contribution in [3.05, 3.63) is 105 Å². The van der Waals surface area contributed by atoms with Gasteiger partial charge in [0.05, 0.1) is 21.4 Å². The lowest BCUT2D eigenvalue weighted by Crippen LogP contribution is -2.49. The van der Waals surface area contributed by atoms with Crippen LogP contribution < -0.4 is 9.80 Å². The number of fused-ring (bicyclic) bond motifs is 4. The first-order valence-corrected chi connectivity index (χ1v) is 16.9. The summed E-state index contributed by atoms with van der Waals surface area (Å²) in [6.07, 6.45) is 8.47. The minimum Gasteiger partial charge on any atom is -0.291 e. The van der Waals surface area contributed by atoms with Gasteiger partial charge in [0.2, 0.25) is 11.8 Å². The molecule has 2 atom stereocenters. The number of hydrogen-bond acceptors (Lipinski definition) is 6. The maximum absolute atomic E-state index is 13.4. The molecule has 0 saturated heterocycles. The number of rotatable bonds is 3. The van der Waals surface area contributed by atoms with Crippen LogP contribution >= 0.6 is 34.8 Å². The number of halogens is 3. The van der Waals surface area contributed by atoms with Crippen molar-refractivity contribution in [2.75, 3.05) is 9.80 Å². The van der Waals surface area contributed by atoms with Crippen LogP contribution in [0.3, 0.4) is 0 Å². The van der Waals surface area contributed by atoms with E-state index in [1.54, 1.807) is 29.7 Å². The van der Waals surface area contributed by atoms with E-state index < -0.39 is 5.41 Å². The van der Waals surface area contributed by atoms with E-state index in [2.05, 4.69) is 19.9 Å². The minimum atomic E-state index is -0.586. The zero-order chi connectivity index (χ0) is 33.9. The van der Waals surface area contributed by atoms with E-state index in [0.29, 0.717) is 35.2 Å². The Bertz CT molecular complexity index is 1890. The van der Waals surface area contributed by atoms with Crippen molar-refractivity contribution in [1.82, 2.24) is 19.9 Å². The van der Waals surface area contributed by atoms with E-state index in [-0.39, 0.29) is 28.8 Å². The maximum Gasteiger partial charge on any atom is 0.240 e. The van der Waals surface area contributed by atoms with Gasteiger partial charge in [-0.2, -0.15) is 0 Å². The summed E-state index contributed by atoms with van der Waals surface area (Å²) in [6.45, 7) is 12.2. The van der Waals surface area contributed by atoms with Gasteiger partial charge in [-0.3, -0.25) is 29.4 Å². The predicted molar refractivity (Wildman–Crippen MR) is 187 cm³/mol. The van der Waals surface area contributed by atoms with Crippen molar-refractivity contribution >= 4 is 58.3 Å². The predicted octanol–water partition coefficient (Wildman–Crippen LogP) is 7.65. The van der Waals surface area contributed by atoms with E-state index in [0.717, 1.165) is 45.3 Å². The smallest absolute Gasteiger partial charge is 0.240 e. The van der Waals surface area contributed by atoms with Crippen LogP contribution in [0.1, 0.15) is 81.1 Å². The van der Waals surface area contributed by atoms with Gasteiger partial charge in [-0.25, -0.2) is 9.97 Å². The van der Waals surface area contributed by atoms with E-state index in [9.17, 15) is 9.59 Å². The Balaban J connectivity index is 0.000000164. The summed E-state index contributed by atoms with van der Waals surface area (Å²) in [4.78, 5) is 47.9. The van der Waals surface area contributed by atoms with Crippen LogP contribution in [-0.2, 0) is 40.1 Å². The van der Waals surface area contributed by atoms with E-state index in [1.807, 2.05) is 82.8 Å². The quantitative estimate of drug-likeness (QED) is 0.205. The Morgan fingerprint density at radius 1 is 0.830 bits per heavy atom. The fourth-order valence-electron chi connectivity index (χ4n) is 6.94. The second-order valence-electron chi connectivity index (χ2n) is 14.3. The molecule has 1 unspecified atom stereocenters. The first-order valence-electron chi connectivity index (χ1n) is 15.6. The molecule has 4 aromatic rings. The van der Waals surface area contributed by atoms with Crippen molar-refractivity contribution in [3.63, 3.8) is 0 Å². The van der Waals surface area contributed by atoms with Crippen LogP contribution in [0.4, 0.5) is 11.6 Å². The number of hydrogen-bond donors (Lipinski definition) is 0. The van der Waals surface area contributed by atoms with Crippen LogP contribution in [0.25, 0.3) is 0 Å². The molecular weight excluding hydrogens is 655 g/mol. The number of carbonyl (C=O) groups excluding carboxylic acids is 2. The number of amides is 2. The summed E-state index contributed by atoms with van der Waals surface area (Å²) in [5, 5.41) is 1.16. The molecule has 1 spiro atoms. The van der Waals surface area contributed by atoms with Gasteiger partial charge >= 0.3 is 0 Å². The van der Waals surface area contributed by atoms with Gasteiger partial charge < -0.3 is 0 Å². The molecule has 244 valence electrons. The Morgan fingerprint density at radius 3 is 2.15 bits per heavy atom. The normalized spacial score (nSPS) is 19.9. The standard InChI is InChI=1S/C18H19Cl2N3O.C18H18ClN3O/c1-18(2,3)23-16-13(5-4-6-21-16)14(17(23)24)8-15-11(9-19)7-12(20)10-22-15;1-17(2,3)22-15-13(5-4-6-20-15)18(16(22)23)8-11-7-12(19)10-21-14(11)9-18/h4-7,10,14H,8-9H2,1-3H3;4-7,10H,8-9H2,1-3H3/t;18-/m.0/s1. The van der Waals surface area contributed by atoms with Gasteiger partial charge in [-0.05, 0) is 83.4 Å². The molecule has 1 aliphatic carbocycles. The first kappa shape index (κ1) is 33.3. The second kappa shape index (κ2) is 12.1. The molecule has 8 nitrogen and oxygen atoms in total. The molecule has 2 aliphatic heterocycles. The highest BCUT2D eigenvalue weighted by Gasteiger charge is 2.57. The van der Waals surface area contributed by atoms with Crippen LogP contribution in [0.5, 0.6) is 0 Å². The van der Waals surface area contributed by atoms with Gasteiger partial charge in [0.25, 0.3) is 0 Å². The molecule has 11 heteroatoms. The highest BCUT2D eigenvalue weighted by Crippen LogP contribution is 2.50. The molecule has 4 aromatic heterocycles. The third kappa shape index (κ3) is 5.89. The summed E-state index contributed by atoms with van der Waals surface area (Å²) in [5.74, 6) is 1.70. The molecule has 0 aromatic carbocycles. The van der Waals surface area contributed by atoms with Gasteiger partial charge in [0.15, 0.2) is 0 Å². The third-order valence-corrected chi connectivity index (χ3v) is 9.65. The Kier molecular flexibility index (Phi) is 8.60. The van der Waals surface area contributed by atoms with Crippen molar-refractivity contribution in [2.24, 2.45) is 0 Å². The minimum absolute atomic E-state index is 0.0495. The first-order chi connectivity index (χ1) is 22.2. The molecule has 7 rings (SSSR count). The topological polar surface area (TPSA) is 92.2 Å². The fraction of sp³-hybridized carbons (Fsp3) is 0.389. The van der Waals surface area contributed by atoms with Crippen molar-refractivity contribution < 1.29 is 9.59 Å². The molecule has 6 heterocycles. The number of anilines is 2. The SMILES string of the molecule is CC(C)(C)N1C(=O)C(Cc2ncc(Cl)cc2CCl)c2cccnc21.CC(C)(C)N1C(=O)[C@]2(Cc3cc(Cl)cnc3C2)c2cccnc21. The average molecular weight is 692 g/mol. The molecule has 2 amide bonds. The zero-order valence-corrected chi connectivity index (χ0v) is 29.6. The monoisotopic (exact) mass is 690 g/mol. The van der Waals surface area contributed by atoms with E-state index in [1.165, 1.54) is 0 Å². The van der Waals surface area contributed by atoms with Crippen LogP contribution in [0.15, 0.2) is 61.2 Å². The number of carbonyl (C=O) groups is 2. The Hall–Kier alpha value is -3.59. The zero-order valence-electron chi connectivity index (χ0n) is 27.3. The van der Waals surface area contributed by atoms with Crippen LogP contribution in [-0.4, -0.2) is 42.8 Å². The number of alkyl halides is 1. The number of pyridine rings is 4. The summed E-state index contributed by atoms with van der Waals surface area (Å²) < 4.78 is 0. The Morgan fingerprint density at radius 2 is 1.47 bits per heavy atom. The highest BCUT2D eigenvalue weighted by atomic mass is 35.5. The molecule has 0 saturated carbocycles. The highest BCUT2D eigenvalue weighted by molar-refractivity contribution is 6.31. The lowest BCUT2D eigenvalue weighted by molar-refractivity contribution is -0.124. The summed E-state index contributed by atoms with van der Waals surface area (Å²) in [6, 6.07) is 11.5. The summed E-state index contributed by atoms with van der Waals surface area (Å²) in [7, 11) is 0. The third-order valence-electron chi connectivity index (χ3n) is 8.95. The van der Waals surface area contributed by atoms with Gasteiger partial charge in [-0.15, -0.1) is 11.6 Å². The van der Waals surface area contributed by atoms with Gasteiger partial charge in [0.1, 0.15) is 11.6 Å². The number of aromatic nitrogens is 4. The maximum atomic E-state index is 13.4. The summed E-state index contributed by atoms with van der Waals surface area (Å²) in [5.41, 5.74) is 4.40. The van der Waals surface area contributed by atoms with Crippen LogP contribution in [0, 0.1) is 0 Å². The second-order valence-corrected chi connectivity index (χ2v) is 15.4.